The van der Waals surface area contributed by atoms with Crippen LogP contribution in [0.15, 0.2) is 70.4 Å². The van der Waals surface area contributed by atoms with E-state index in [4.69, 9.17) is 25.5 Å². The Morgan fingerprint density at radius 3 is 2.69 bits per heavy atom. The van der Waals surface area contributed by atoms with Gasteiger partial charge in [0.2, 0.25) is 0 Å². The third kappa shape index (κ3) is 4.50. The molecule has 0 saturated carbocycles. The molecule has 2 heterocycles. The first-order chi connectivity index (χ1) is 15.5. The summed E-state index contributed by atoms with van der Waals surface area (Å²) in [5.74, 6) is -1.13. The van der Waals surface area contributed by atoms with Crippen molar-refractivity contribution in [3.8, 4) is 5.75 Å². The van der Waals surface area contributed by atoms with E-state index in [2.05, 4.69) is 5.10 Å². The van der Waals surface area contributed by atoms with Crippen LogP contribution in [0.3, 0.4) is 0 Å². The molecule has 0 aliphatic carbocycles. The largest absolute Gasteiger partial charge is 0.497 e. The maximum absolute atomic E-state index is 13.9. The van der Waals surface area contributed by atoms with Crippen LogP contribution in [0.1, 0.15) is 34.1 Å². The van der Waals surface area contributed by atoms with Gasteiger partial charge in [-0.05, 0) is 60.2 Å². The van der Waals surface area contributed by atoms with Crippen molar-refractivity contribution in [2.45, 2.75) is 12.5 Å². The number of esters is 1. The van der Waals surface area contributed by atoms with Gasteiger partial charge in [-0.25, -0.2) is 14.2 Å². The molecular formula is C23H18ClFN2O5. The SMILES string of the molecule is COc1ccc(C2=NN(C(=O)COC(=O)c3cc(Cl)ccc3F)C(c3ccco3)C2)cc1. The zero-order valence-corrected chi connectivity index (χ0v) is 17.7. The van der Waals surface area contributed by atoms with Gasteiger partial charge in [-0.2, -0.15) is 5.10 Å². The molecule has 7 nitrogen and oxygen atoms in total. The zero-order chi connectivity index (χ0) is 22.7. The van der Waals surface area contributed by atoms with Gasteiger partial charge >= 0.3 is 5.97 Å². The molecule has 0 radical (unpaired) electrons. The van der Waals surface area contributed by atoms with Crippen LogP contribution >= 0.6 is 11.6 Å². The third-order valence-corrected chi connectivity index (χ3v) is 5.17. The van der Waals surface area contributed by atoms with Crippen molar-refractivity contribution in [2.24, 2.45) is 5.10 Å². The van der Waals surface area contributed by atoms with Crippen LogP contribution in [0.2, 0.25) is 5.02 Å². The van der Waals surface area contributed by atoms with Crippen LogP contribution in [-0.2, 0) is 9.53 Å². The number of rotatable bonds is 6. The molecule has 0 N–H and O–H groups in total. The summed E-state index contributed by atoms with van der Waals surface area (Å²) >= 11 is 5.81. The predicted molar refractivity (Wildman–Crippen MR) is 114 cm³/mol. The van der Waals surface area contributed by atoms with Crippen molar-refractivity contribution in [2.75, 3.05) is 13.7 Å². The Morgan fingerprint density at radius 1 is 1.22 bits per heavy atom. The normalized spacial score (nSPS) is 15.4. The highest BCUT2D eigenvalue weighted by Crippen LogP contribution is 2.33. The maximum atomic E-state index is 13.9. The van der Waals surface area contributed by atoms with Crippen LogP contribution in [0, 0.1) is 5.82 Å². The van der Waals surface area contributed by atoms with Gasteiger partial charge in [-0.3, -0.25) is 4.79 Å². The fraction of sp³-hybridized carbons (Fsp3) is 0.174. The lowest BCUT2D eigenvalue weighted by atomic mass is 10.0. The minimum atomic E-state index is -0.994. The predicted octanol–water partition coefficient (Wildman–Crippen LogP) is 4.62. The number of carbonyl (C=O) groups is 2. The first-order valence-electron chi connectivity index (χ1n) is 9.66. The molecule has 1 atom stereocenters. The smallest absolute Gasteiger partial charge is 0.341 e. The van der Waals surface area contributed by atoms with Gasteiger partial charge < -0.3 is 13.9 Å². The highest BCUT2D eigenvalue weighted by atomic mass is 35.5. The molecule has 1 amide bonds. The quantitative estimate of drug-likeness (QED) is 0.506. The number of furan rings is 1. The Labute approximate surface area is 188 Å². The lowest BCUT2D eigenvalue weighted by molar-refractivity contribution is -0.136. The number of amides is 1. The number of nitrogens with zero attached hydrogens (tertiary/aromatic N) is 2. The Bertz CT molecular complexity index is 1160. The lowest BCUT2D eigenvalue weighted by Crippen LogP contribution is -2.31. The summed E-state index contributed by atoms with van der Waals surface area (Å²) in [4.78, 5) is 25.1. The molecule has 0 spiro atoms. The summed E-state index contributed by atoms with van der Waals surface area (Å²) in [6, 6.07) is 13.7. The fourth-order valence-electron chi connectivity index (χ4n) is 3.33. The number of methoxy groups -OCH3 is 1. The van der Waals surface area contributed by atoms with Gasteiger partial charge in [0.15, 0.2) is 6.61 Å². The molecule has 1 aromatic heterocycles. The third-order valence-electron chi connectivity index (χ3n) is 4.94. The molecule has 32 heavy (non-hydrogen) atoms. The summed E-state index contributed by atoms with van der Waals surface area (Å²) in [5.41, 5.74) is 1.13. The average Bonchev–Trinajstić information content (AvgIpc) is 3.49. The van der Waals surface area contributed by atoms with Crippen LogP contribution in [0.5, 0.6) is 5.75 Å². The number of carbonyl (C=O) groups excluding carboxylic acids is 2. The van der Waals surface area contributed by atoms with Crippen LogP contribution in [0.25, 0.3) is 0 Å². The summed E-state index contributed by atoms with van der Waals surface area (Å²) < 4.78 is 29.6. The van der Waals surface area contributed by atoms with E-state index in [0.29, 0.717) is 23.6 Å². The minimum Gasteiger partial charge on any atom is -0.497 e. The Hall–Kier alpha value is -3.65. The second-order valence-corrected chi connectivity index (χ2v) is 7.39. The van der Waals surface area contributed by atoms with Gasteiger partial charge in [0.25, 0.3) is 5.91 Å². The van der Waals surface area contributed by atoms with Gasteiger partial charge in [-0.15, -0.1) is 0 Å². The molecule has 0 fully saturated rings. The molecule has 9 heteroatoms. The fourth-order valence-corrected chi connectivity index (χ4v) is 3.50. The van der Waals surface area contributed by atoms with Crippen LogP contribution in [0.4, 0.5) is 4.39 Å². The van der Waals surface area contributed by atoms with Crippen LogP contribution in [-0.4, -0.2) is 36.3 Å². The highest BCUT2D eigenvalue weighted by Gasteiger charge is 2.35. The summed E-state index contributed by atoms with van der Waals surface area (Å²) in [7, 11) is 1.58. The molecule has 3 aromatic rings. The Morgan fingerprint density at radius 2 is 2.00 bits per heavy atom. The summed E-state index contributed by atoms with van der Waals surface area (Å²) in [5, 5.41) is 5.85. The second kappa shape index (κ2) is 9.23. The number of benzene rings is 2. The standard InChI is InChI=1S/C23H18ClFN2O5/c1-30-16-7-4-14(5-8-16)19-12-20(21-3-2-10-31-21)27(26-19)22(28)13-32-23(29)17-11-15(24)6-9-18(17)25/h2-11,20H,12-13H2,1H3. The molecule has 0 bridgehead atoms. The average molecular weight is 457 g/mol. The van der Waals surface area contributed by atoms with E-state index in [1.807, 2.05) is 12.1 Å². The van der Waals surface area contributed by atoms with Crippen molar-refractivity contribution in [3.05, 3.63) is 88.6 Å². The van der Waals surface area contributed by atoms with E-state index in [0.717, 1.165) is 17.7 Å². The first kappa shape index (κ1) is 21.6. The van der Waals surface area contributed by atoms with E-state index in [1.54, 1.807) is 31.4 Å². The lowest BCUT2D eigenvalue weighted by Gasteiger charge is -2.19. The topological polar surface area (TPSA) is 81.3 Å². The minimum absolute atomic E-state index is 0.177. The monoisotopic (exact) mass is 456 g/mol. The van der Waals surface area contributed by atoms with Crippen molar-refractivity contribution in [1.29, 1.82) is 0 Å². The van der Waals surface area contributed by atoms with Crippen molar-refractivity contribution < 1.29 is 27.9 Å². The van der Waals surface area contributed by atoms with E-state index in [1.165, 1.54) is 17.3 Å². The van der Waals surface area contributed by atoms with Gasteiger partial charge in [0.05, 0.1) is 24.6 Å². The van der Waals surface area contributed by atoms with Crippen molar-refractivity contribution >= 4 is 29.2 Å². The van der Waals surface area contributed by atoms with Gasteiger partial charge in [0, 0.05) is 11.4 Å². The molecule has 1 aliphatic rings. The maximum Gasteiger partial charge on any atom is 0.341 e. The van der Waals surface area contributed by atoms with Gasteiger partial charge in [0.1, 0.15) is 23.4 Å². The molecule has 1 unspecified atom stereocenters. The molecule has 4 rings (SSSR count). The zero-order valence-electron chi connectivity index (χ0n) is 17.0. The molecule has 1 aliphatic heterocycles. The number of halogens is 2. The van der Waals surface area contributed by atoms with E-state index < -0.39 is 30.3 Å². The number of hydrogen-bond donors (Lipinski definition) is 0. The van der Waals surface area contributed by atoms with Crippen molar-refractivity contribution in [1.82, 2.24) is 5.01 Å². The summed E-state index contributed by atoms with van der Waals surface area (Å²) in [6.07, 6.45) is 1.91. The van der Waals surface area contributed by atoms with Crippen molar-refractivity contribution in [3.63, 3.8) is 0 Å². The number of ether oxygens (including phenoxy) is 2. The van der Waals surface area contributed by atoms with E-state index in [-0.39, 0.29) is 10.6 Å². The van der Waals surface area contributed by atoms with Gasteiger partial charge in [-0.1, -0.05) is 11.6 Å². The molecule has 0 saturated heterocycles. The van der Waals surface area contributed by atoms with E-state index >= 15 is 0 Å². The highest BCUT2D eigenvalue weighted by molar-refractivity contribution is 6.30. The molecular weight excluding hydrogens is 439 g/mol. The van der Waals surface area contributed by atoms with Crippen LogP contribution < -0.4 is 4.74 Å². The molecule has 2 aromatic carbocycles. The summed E-state index contributed by atoms with van der Waals surface area (Å²) in [6.45, 7) is -0.624. The number of hydrogen-bond acceptors (Lipinski definition) is 6. The first-order valence-corrected chi connectivity index (χ1v) is 10.0. The van der Waals surface area contributed by atoms with E-state index in [9.17, 15) is 14.0 Å². The molecule has 164 valence electrons. The Balaban J connectivity index is 1.52. The number of hydrazone groups is 1. The second-order valence-electron chi connectivity index (χ2n) is 6.95. The Kier molecular flexibility index (Phi) is 6.23.